The molecule has 2 amide bonds. The van der Waals surface area contributed by atoms with Crippen molar-refractivity contribution in [3.63, 3.8) is 0 Å². The Balaban J connectivity index is 2.40. The van der Waals surface area contributed by atoms with Gasteiger partial charge in [0.1, 0.15) is 5.00 Å². The number of hydrazone groups is 1. The predicted molar refractivity (Wildman–Crippen MR) is 99.9 cm³/mol. The zero-order valence-electron chi connectivity index (χ0n) is 15.2. The van der Waals surface area contributed by atoms with Crippen molar-refractivity contribution in [3.8, 4) is 0 Å². The van der Waals surface area contributed by atoms with Crippen LogP contribution in [-0.4, -0.2) is 17.5 Å². The molecule has 6 heteroatoms. The number of hydrogen-bond donors (Lipinski definition) is 2. The van der Waals surface area contributed by atoms with Crippen LogP contribution in [0.3, 0.4) is 0 Å². The summed E-state index contributed by atoms with van der Waals surface area (Å²) in [5.74, 6) is -0.317. The van der Waals surface area contributed by atoms with Crippen molar-refractivity contribution in [2.24, 2.45) is 10.5 Å². The number of rotatable bonds is 3. The van der Waals surface area contributed by atoms with E-state index in [4.69, 9.17) is 0 Å². The van der Waals surface area contributed by atoms with Gasteiger partial charge >= 0.3 is 0 Å². The summed E-state index contributed by atoms with van der Waals surface area (Å²) in [4.78, 5) is 26.3. The van der Waals surface area contributed by atoms with Crippen molar-refractivity contribution in [1.29, 1.82) is 0 Å². The average Bonchev–Trinajstić information content (AvgIpc) is 2.65. The second-order valence-corrected chi connectivity index (χ2v) is 8.58. The first-order valence-corrected chi connectivity index (χ1v) is 9.29. The fourth-order valence-corrected chi connectivity index (χ4v) is 3.86. The summed E-state index contributed by atoms with van der Waals surface area (Å²) >= 11 is 1.54. The molecule has 132 valence electrons. The van der Waals surface area contributed by atoms with E-state index in [1.54, 1.807) is 11.3 Å². The molecule has 1 aromatic heterocycles. The first kappa shape index (κ1) is 18.6. The monoisotopic (exact) mass is 349 g/mol. The molecule has 0 spiro atoms. The lowest BCUT2D eigenvalue weighted by Gasteiger charge is -2.17. The maximum absolute atomic E-state index is 12.7. The van der Waals surface area contributed by atoms with Crippen molar-refractivity contribution in [1.82, 2.24) is 5.43 Å². The van der Waals surface area contributed by atoms with Crippen molar-refractivity contribution in [2.75, 3.05) is 5.32 Å². The Hall–Kier alpha value is -1.69. The number of thiophene rings is 1. The van der Waals surface area contributed by atoms with Crippen LogP contribution in [0, 0.1) is 5.41 Å². The zero-order chi connectivity index (χ0) is 17.9. The number of aryl methyl sites for hydroxylation is 1. The molecule has 1 heterocycles. The van der Waals surface area contributed by atoms with Crippen molar-refractivity contribution < 1.29 is 9.59 Å². The fraction of sp³-hybridized carbons (Fsp3) is 0.611. The summed E-state index contributed by atoms with van der Waals surface area (Å²) in [7, 11) is 0. The quantitative estimate of drug-likeness (QED) is 0.489. The Morgan fingerprint density at radius 2 is 1.75 bits per heavy atom. The molecule has 2 rings (SSSR count). The van der Waals surface area contributed by atoms with Gasteiger partial charge in [0.2, 0.25) is 5.91 Å². The van der Waals surface area contributed by atoms with Crippen molar-refractivity contribution in [3.05, 3.63) is 16.0 Å². The van der Waals surface area contributed by atoms with E-state index in [1.165, 1.54) is 11.3 Å². The molecule has 2 N–H and O–H groups in total. The van der Waals surface area contributed by atoms with E-state index >= 15 is 0 Å². The molecule has 1 aromatic rings. The molecule has 0 fully saturated rings. The van der Waals surface area contributed by atoms with Crippen LogP contribution in [0.2, 0.25) is 0 Å². The number of anilines is 1. The largest absolute Gasteiger partial charge is 0.317 e. The van der Waals surface area contributed by atoms with Gasteiger partial charge in [0.15, 0.2) is 0 Å². The maximum Gasteiger partial charge on any atom is 0.274 e. The highest BCUT2D eigenvalue weighted by molar-refractivity contribution is 7.17. The molecule has 0 saturated carbocycles. The number of amides is 2. The number of nitrogens with one attached hydrogen (secondary N) is 2. The number of fused-ring (bicyclic) bond motifs is 1. The molecule has 0 atom stereocenters. The van der Waals surface area contributed by atoms with Gasteiger partial charge in [0.25, 0.3) is 5.91 Å². The van der Waals surface area contributed by atoms with Gasteiger partial charge in [-0.15, -0.1) is 11.3 Å². The standard InChI is InChI=1S/C18H27N3O2S/c1-11(2)20-21-15(22)14-12-9-7-6-8-10-13(12)24-16(14)19-17(23)18(3,4)5/h6-10H2,1-5H3,(H,19,23)(H,21,22). The van der Waals surface area contributed by atoms with E-state index in [1.807, 2.05) is 34.6 Å². The van der Waals surface area contributed by atoms with Crippen LogP contribution in [0.5, 0.6) is 0 Å². The molecular formula is C18H27N3O2S. The van der Waals surface area contributed by atoms with Gasteiger partial charge in [-0.3, -0.25) is 9.59 Å². The topological polar surface area (TPSA) is 70.6 Å². The second kappa shape index (κ2) is 7.47. The molecule has 1 aliphatic rings. The molecular weight excluding hydrogens is 322 g/mol. The first-order chi connectivity index (χ1) is 11.2. The molecule has 1 aliphatic carbocycles. The lowest BCUT2D eigenvalue weighted by Crippen LogP contribution is -2.29. The van der Waals surface area contributed by atoms with E-state index < -0.39 is 5.41 Å². The van der Waals surface area contributed by atoms with E-state index in [2.05, 4.69) is 15.8 Å². The van der Waals surface area contributed by atoms with E-state index in [-0.39, 0.29) is 11.8 Å². The van der Waals surface area contributed by atoms with Crippen LogP contribution in [0.15, 0.2) is 5.10 Å². The summed E-state index contributed by atoms with van der Waals surface area (Å²) < 4.78 is 0. The highest BCUT2D eigenvalue weighted by Crippen LogP contribution is 2.38. The SMILES string of the molecule is CC(C)=NNC(=O)c1c(NC(=O)C(C)(C)C)sc2c1CCCCC2. The van der Waals surface area contributed by atoms with Crippen molar-refractivity contribution >= 4 is 33.9 Å². The molecule has 0 aromatic carbocycles. The highest BCUT2D eigenvalue weighted by atomic mass is 32.1. The number of nitrogens with zero attached hydrogens (tertiary/aromatic N) is 1. The first-order valence-electron chi connectivity index (χ1n) is 8.47. The summed E-state index contributed by atoms with van der Waals surface area (Å²) in [5, 5.41) is 7.65. The summed E-state index contributed by atoms with van der Waals surface area (Å²) in [5.41, 5.74) is 4.57. The minimum Gasteiger partial charge on any atom is -0.317 e. The second-order valence-electron chi connectivity index (χ2n) is 7.47. The molecule has 0 bridgehead atoms. The average molecular weight is 350 g/mol. The van der Waals surface area contributed by atoms with Gasteiger partial charge in [-0.1, -0.05) is 27.2 Å². The molecule has 24 heavy (non-hydrogen) atoms. The molecule has 5 nitrogen and oxygen atoms in total. The van der Waals surface area contributed by atoms with Gasteiger partial charge in [-0.05, 0) is 45.1 Å². The Kier molecular flexibility index (Phi) is 5.80. The van der Waals surface area contributed by atoms with Gasteiger partial charge in [0.05, 0.1) is 5.56 Å². The van der Waals surface area contributed by atoms with Crippen LogP contribution in [0.1, 0.15) is 74.7 Å². The van der Waals surface area contributed by atoms with E-state index in [9.17, 15) is 9.59 Å². The van der Waals surface area contributed by atoms with E-state index in [0.29, 0.717) is 10.6 Å². The van der Waals surface area contributed by atoms with Crippen LogP contribution < -0.4 is 10.7 Å². The third-order valence-electron chi connectivity index (χ3n) is 3.94. The maximum atomic E-state index is 12.7. The Morgan fingerprint density at radius 3 is 2.38 bits per heavy atom. The predicted octanol–water partition coefficient (Wildman–Crippen LogP) is 4.13. The lowest BCUT2D eigenvalue weighted by molar-refractivity contribution is -0.123. The normalized spacial score (nSPS) is 14.4. The highest BCUT2D eigenvalue weighted by Gasteiger charge is 2.28. The zero-order valence-corrected chi connectivity index (χ0v) is 16.0. The summed E-state index contributed by atoms with van der Waals surface area (Å²) in [6, 6.07) is 0. The Labute approximate surface area is 147 Å². The third kappa shape index (κ3) is 4.44. The Morgan fingerprint density at radius 1 is 1.08 bits per heavy atom. The number of carbonyl (C=O) groups excluding carboxylic acids is 2. The molecule has 0 aliphatic heterocycles. The minimum absolute atomic E-state index is 0.0804. The Bertz CT molecular complexity index is 665. The van der Waals surface area contributed by atoms with Crippen molar-refractivity contribution in [2.45, 2.75) is 66.7 Å². The van der Waals surface area contributed by atoms with E-state index in [0.717, 1.165) is 37.0 Å². The number of carbonyl (C=O) groups is 2. The molecule has 0 saturated heterocycles. The van der Waals surface area contributed by atoms with Gasteiger partial charge in [-0.2, -0.15) is 5.10 Å². The minimum atomic E-state index is -0.507. The van der Waals surface area contributed by atoms with Crippen LogP contribution >= 0.6 is 11.3 Å². The molecule has 0 unspecified atom stereocenters. The van der Waals surface area contributed by atoms with Crippen LogP contribution in [-0.2, 0) is 17.6 Å². The third-order valence-corrected chi connectivity index (χ3v) is 5.14. The lowest BCUT2D eigenvalue weighted by atomic mass is 9.95. The smallest absolute Gasteiger partial charge is 0.274 e. The van der Waals surface area contributed by atoms with Gasteiger partial charge in [0, 0.05) is 16.0 Å². The summed E-state index contributed by atoms with van der Waals surface area (Å²) in [6.07, 6.45) is 5.25. The summed E-state index contributed by atoms with van der Waals surface area (Å²) in [6.45, 7) is 9.26. The fourth-order valence-electron chi connectivity index (χ4n) is 2.58. The number of hydrogen-bond acceptors (Lipinski definition) is 4. The van der Waals surface area contributed by atoms with Gasteiger partial charge < -0.3 is 5.32 Å². The van der Waals surface area contributed by atoms with Crippen LogP contribution in [0.4, 0.5) is 5.00 Å². The molecule has 0 radical (unpaired) electrons. The van der Waals surface area contributed by atoms with Gasteiger partial charge in [-0.25, -0.2) is 5.43 Å². The van der Waals surface area contributed by atoms with Crippen LogP contribution in [0.25, 0.3) is 0 Å².